The van der Waals surface area contributed by atoms with Crippen molar-refractivity contribution < 1.29 is 22.0 Å². The van der Waals surface area contributed by atoms with Gasteiger partial charge in [-0.1, -0.05) is 30.3 Å². The largest absolute Gasteiger partial charge is 0.319 e. The van der Waals surface area contributed by atoms with Crippen molar-refractivity contribution in [3.8, 4) is 11.1 Å². The lowest BCUT2D eigenvalue weighted by atomic mass is 10.0. The van der Waals surface area contributed by atoms with Crippen LogP contribution in [0.15, 0.2) is 71.6 Å². The number of rotatable bonds is 5. The first-order valence-corrected chi connectivity index (χ1v) is 10.0. The van der Waals surface area contributed by atoms with Crippen LogP contribution in [0.25, 0.3) is 11.1 Å². The number of benzene rings is 3. The van der Waals surface area contributed by atoms with Gasteiger partial charge in [-0.3, -0.25) is 4.79 Å². The Morgan fingerprint density at radius 2 is 1.55 bits per heavy atom. The zero-order chi connectivity index (χ0) is 21.2. The van der Waals surface area contributed by atoms with Crippen LogP contribution >= 0.6 is 0 Å². The summed E-state index contributed by atoms with van der Waals surface area (Å²) in [6.45, 7) is 0. The van der Waals surface area contributed by atoms with E-state index in [0.717, 1.165) is 10.4 Å². The second-order valence-corrected chi connectivity index (χ2v) is 8.59. The third kappa shape index (κ3) is 4.33. The minimum atomic E-state index is -3.63. The summed E-state index contributed by atoms with van der Waals surface area (Å²) in [6, 6.07) is 15.6. The summed E-state index contributed by atoms with van der Waals surface area (Å²) in [5.41, 5.74) is 0.704. The summed E-state index contributed by atoms with van der Waals surface area (Å²) < 4.78 is 53.5. The van der Waals surface area contributed by atoms with Crippen molar-refractivity contribution in [1.29, 1.82) is 0 Å². The van der Waals surface area contributed by atoms with E-state index in [1.807, 2.05) is 0 Å². The third-order valence-electron chi connectivity index (χ3n) is 4.27. The van der Waals surface area contributed by atoms with Gasteiger partial charge in [0, 0.05) is 31.3 Å². The number of hydrogen-bond donors (Lipinski definition) is 1. The molecule has 0 aliphatic carbocycles. The van der Waals surface area contributed by atoms with Crippen molar-refractivity contribution in [2.45, 2.75) is 4.90 Å². The summed E-state index contributed by atoms with van der Waals surface area (Å²) in [5, 5.41) is 2.46. The van der Waals surface area contributed by atoms with Crippen LogP contribution in [0.2, 0.25) is 0 Å². The molecule has 1 N–H and O–H groups in total. The number of halogens is 2. The molecule has 0 spiro atoms. The normalized spacial score (nSPS) is 11.5. The number of carbonyl (C=O) groups is 1. The van der Waals surface area contributed by atoms with Gasteiger partial charge in [0.1, 0.15) is 11.6 Å². The molecule has 0 aliphatic rings. The first kappa shape index (κ1) is 20.6. The van der Waals surface area contributed by atoms with Crippen molar-refractivity contribution in [3.05, 3.63) is 83.9 Å². The quantitative estimate of drug-likeness (QED) is 0.680. The van der Waals surface area contributed by atoms with Crippen molar-refractivity contribution in [2.24, 2.45) is 0 Å². The molecule has 150 valence electrons. The third-order valence-corrected chi connectivity index (χ3v) is 6.10. The molecule has 0 radical (unpaired) electrons. The van der Waals surface area contributed by atoms with Crippen LogP contribution in [-0.4, -0.2) is 32.7 Å². The van der Waals surface area contributed by atoms with Gasteiger partial charge in [0.2, 0.25) is 10.0 Å². The van der Waals surface area contributed by atoms with Crippen molar-refractivity contribution in [2.75, 3.05) is 19.4 Å². The van der Waals surface area contributed by atoms with Crippen LogP contribution in [0.5, 0.6) is 0 Å². The van der Waals surface area contributed by atoms with E-state index in [1.54, 1.807) is 30.3 Å². The Morgan fingerprint density at radius 1 is 0.931 bits per heavy atom. The monoisotopic (exact) mass is 416 g/mol. The minimum Gasteiger partial charge on any atom is -0.319 e. The molecule has 0 saturated carbocycles. The lowest BCUT2D eigenvalue weighted by Gasteiger charge is -2.14. The van der Waals surface area contributed by atoms with E-state index in [9.17, 15) is 22.0 Å². The van der Waals surface area contributed by atoms with E-state index in [2.05, 4.69) is 5.32 Å². The van der Waals surface area contributed by atoms with Gasteiger partial charge in [-0.15, -0.1) is 0 Å². The fourth-order valence-electron chi connectivity index (χ4n) is 2.72. The second kappa shape index (κ2) is 8.10. The molecule has 8 heteroatoms. The predicted molar refractivity (Wildman–Crippen MR) is 107 cm³/mol. The molecule has 0 fully saturated rings. The fraction of sp³-hybridized carbons (Fsp3) is 0.0952. The van der Waals surface area contributed by atoms with Gasteiger partial charge in [0.05, 0.1) is 10.6 Å². The van der Waals surface area contributed by atoms with Gasteiger partial charge in [-0.05, 0) is 35.9 Å². The number of nitrogens with zero attached hydrogens (tertiary/aromatic N) is 1. The van der Waals surface area contributed by atoms with E-state index in [0.29, 0.717) is 11.6 Å². The first-order valence-electron chi connectivity index (χ1n) is 8.58. The second-order valence-electron chi connectivity index (χ2n) is 6.44. The summed E-state index contributed by atoms with van der Waals surface area (Å²) >= 11 is 0. The Hall–Kier alpha value is -3.10. The number of hydrogen-bond acceptors (Lipinski definition) is 3. The fourth-order valence-corrected chi connectivity index (χ4v) is 3.62. The van der Waals surface area contributed by atoms with Crippen LogP contribution in [0.4, 0.5) is 14.5 Å². The van der Waals surface area contributed by atoms with Crippen LogP contribution in [-0.2, 0) is 10.0 Å². The van der Waals surface area contributed by atoms with Crippen molar-refractivity contribution in [1.82, 2.24) is 4.31 Å². The lowest BCUT2D eigenvalue weighted by molar-refractivity contribution is 0.102. The molecule has 3 rings (SSSR count). The molecule has 0 aliphatic heterocycles. The highest BCUT2D eigenvalue weighted by atomic mass is 32.2. The first-order chi connectivity index (χ1) is 13.7. The summed E-state index contributed by atoms with van der Waals surface area (Å²) in [4.78, 5) is 12.6. The molecule has 0 unspecified atom stereocenters. The SMILES string of the molecule is CN(C)S(=O)(=O)c1ccc(C(=O)Nc2c(F)cc(F)cc2-c2ccccc2)cc1. The summed E-state index contributed by atoms with van der Waals surface area (Å²) in [7, 11) is -0.830. The topological polar surface area (TPSA) is 66.5 Å². The van der Waals surface area contributed by atoms with Crippen LogP contribution in [0, 0.1) is 11.6 Å². The van der Waals surface area contributed by atoms with Crippen LogP contribution in [0.1, 0.15) is 10.4 Å². The Morgan fingerprint density at radius 3 is 2.14 bits per heavy atom. The number of amides is 1. The Bertz CT molecular complexity index is 1150. The van der Waals surface area contributed by atoms with E-state index >= 15 is 0 Å². The zero-order valence-corrected chi connectivity index (χ0v) is 16.5. The van der Waals surface area contributed by atoms with Gasteiger partial charge in [-0.2, -0.15) is 0 Å². The van der Waals surface area contributed by atoms with Gasteiger partial charge in [-0.25, -0.2) is 21.5 Å². The maximum atomic E-state index is 14.4. The number of nitrogens with one attached hydrogen (secondary N) is 1. The minimum absolute atomic E-state index is 0.0250. The average molecular weight is 416 g/mol. The molecule has 0 bridgehead atoms. The maximum Gasteiger partial charge on any atom is 0.255 e. The van der Waals surface area contributed by atoms with Gasteiger partial charge >= 0.3 is 0 Å². The van der Waals surface area contributed by atoms with Gasteiger partial charge in [0.15, 0.2) is 0 Å². The smallest absolute Gasteiger partial charge is 0.255 e. The molecule has 29 heavy (non-hydrogen) atoms. The Labute approximate surface area is 167 Å². The van der Waals surface area contributed by atoms with Crippen LogP contribution < -0.4 is 5.32 Å². The van der Waals surface area contributed by atoms with Crippen LogP contribution in [0.3, 0.4) is 0 Å². The molecule has 1 amide bonds. The van der Waals surface area contributed by atoms with E-state index in [4.69, 9.17) is 0 Å². The Balaban J connectivity index is 1.94. The van der Waals surface area contributed by atoms with E-state index < -0.39 is 27.6 Å². The molecular weight excluding hydrogens is 398 g/mol. The number of sulfonamides is 1. The molecule has 3 aromatic carbocycles. The molecule has 0 heterocycles. The average Bonchev–Trinajstić information content (AvgIpc) is 2.70. The molecular formula is C21H18F2N2O3S. The molecule has 5 nitrogen and oxygen atoms in total. The van der Waals surface area contributed by atoms with Crippen molar-refractivity contribution >= 4 is 21.6 Å². The summed E-state index contributed by atoms with van der Waals surface area (Å²) in [6.07, 6.45) is 0. The highest BCUT2D eigenvalue weighted by Crippen LogP contribution is 2.32. The highest BCUT2D eigenvalue weighted by molar-refractivity contribution is 7.89. The Kier molecular flexibility index (Phi) is 5.76. The predicted octanol–water partition coefficient (Wildman–Crippen LogP) is 4.13. The van der Waals surface area contributed by atoms with Gasteiger partial charge in [0.25, 0.3) is 5.91 Å². The molecule has 0 saturated heterocycles. The molecule has 0 atom stereocenters. The maximum absolute atomic E-state index is 14.4. The standard InChI is InChI=1S/C21H18F2N2O3S/c1-25(2)29(27,28)17-10-8-15(9-11-17)21(26)24-20-18(12-16(22)13-19(20)23)14-6-4-3-5-7-14/h3-13H,1-2H3,(H,24,26). The number of anilines is 1. The highest BCUT2D eigenvalue weighted by Gasteiger charge is 2.19. The molecule has 0 aromatic heterocycles. The van der Waals surface area contributed by atoms with E-state index in [1.165, 1.54) is 38.4 Å². The van der Waals surface area contributed by atoms with Crippen molar-refractivity contribution in [3.63, 3.8) is 0 Å². The summed E-state index contributed by atoms with van der Waals surface area (Å²) in [5.74, 6) is -2.33. The molecule has 3 aromatic rings. The zero-order valence-electron chi connectivity index (χ0n) is 15.7. The van der Waals surface area contributed by atoms with E-state index in [-0.39, 0.29) is 21.7 Å². The lowest BCUT2D eigenvalue weighted by Crippen LogP contribution is -2.22. The van der Waals surface area contributed by atoms with Gasteiger partial charge < -0.3 is 5.32 Å². The number of carbonyl (C=O) groups excluding carboxylic acids is 1.